The molecule has 1 aromatic carbocycles. The van der Waals surface area contributed by atoms with Gasteiger partial charge in [0.1, 0.15) is 29.7 Å². The molecule has 88 valence electrons. The minimum absolute atomic E-state index is 0.0918. The standard InChI is InChI=1S/C12H7BrN4O/c1-18-9-2-3-11(10(13)4-9)17-12(7-16)8(5-14)6-15/h2-4,17H,1H3. The maximum absolute atomic E-state index is 8.90. The average molecular weight is 303 g/mol. The van der Waals surface area contributed by atoms with Crippen molar-refractivity contribution in [1.82, 2.24) is 0 Å². The Hall–Kier alpha value is -2.49. The van der Waals surface area contributed by atoms with Crippen molar-refractivity contribution in [3.05, 3.63) is 33.9 Å². The van der Waals surface area contributed by atoms with E-state index in [2.05, 4.69) is 21.2 Å². The van der Waals surface area contributed by atoms with Gasteiger partial charge in [-0.3, -0.25) is 0 Å². The van der Waals surface area contributed by atoms with E-state index < -0.39 is 0 Å². The molecule has 6 heteroatoms. The van der Waals surface area contributed by atoms with Crippen LogP contribution in [-0.4, -0.2) is 7.11 Å². The number of nitrogens with zero attached hydrogens (tertiary/aromatic N) is 3. The third-order valence-electron chi connectivity index (χ3n) is 2.02. The number of allylic oxidation sites excluding steroid dienone is 2. The van der Waals surface area contributed by atoms with Crippen LogP contribution in [0, 0.1) is 34.0 Å². The molecule has 5 nitrogen and oxygen atoms in total. The molecule has 0 aliphatic rings. The van der Waals surface area contributed by atoms with Gasteiger partial charge in [-0.1, -0.05) is 0 Å². The second-order valence-electron chi connectivity index (χ2n) is 3.06. The minimum Gasteiger partial charge on any atom is -0.497 e. The van der Waals surface area contributed by atoms with Crippen LogP contribution in [0.25, 0.3) is 0 Å². The lowest BCUT2D eigenvalue weighted by Gasteiger charge is -2.08. The Morgan fingerprint density at radius 2 is 1.89 bits per heavy atom. The predicted molar refractivity (Wildman–Crippen MR) is 68.2 cm³/mol. The van der Waals surface area contributed by atoms with Gasteiger partial charge in [0.2, 0.25) is 0 Å². The number of benzene rings is 1. The summed E-state index contributed by atoms with van der Waals surface area (Å²) in [7, 11) is 1.54. The van der Waals surface area contributed by atoms with Gasteiger partial charge in [-0.15, -0.1) is 0 Å². The highest BCUT2D eigenvalue weighted by molar-refractivity contribution is 9.10. The quantitative estimate of drug-likeness (QED) is 0.867. The molecule has 1 rings (SSSR count). The molecule has 1 N–H and O–H groups in total. The van der Waals surface area contributed by atoms with E-state index in [0.717, 1.165) is 0 Å². The molecule has 0 aliphatic carbocycles. The average Bonchev–Trinajstić information content (AvgIpc) is 2.40. The number of halogens is 1. The molecule has 0 amide bonds. The van der Waals surface area contributed by atoms with Crippen molar-refractivity contribution in [3.8, 4) is 24.0 Å². The second kappa shape index (κ2) is 6.30. The first-order valence-electron chi connectivity index (χ1n) is 4.71. The summed E-state index contributed by atoms with van der Waals surface area (Å²) in [5.41, 5.74) is 0.210. The van der Waals surface area contributed by atoms with Crippen LogP contribution in [0.15, 0.2) is 33.9 Å². The first-order valence-corrected chi connectivity index (χ1v) is 5.50. The molecule has 0 heterocycles. The molecule has 0 saturated carbocycles. The Labute approximate surface area is 113 Å². The Balaban J connectivity index is 3.14. The number of nitriles is 3. The molecule has 18 heavy (non-hydrogen) atoms. The van der Waals surface area contributed by atoms with Crippen molar-refractivity contribution >= 4 is 21.6 Å². The van der Waals surface area contributed by atoms with E-state index in [1.54, 1.807) is 43.5 Å². The number of hydrogen-bond acceptors (Lipinski definition) is 5. The molecule has 0 radical (unpaired) electrons. The van der Waals surface area contributed by atoms with E-state index in [9.17, 15) is 0 Å². The van der Waals surface area contributed by atoms with Crippen molar-refractivity contribution in [2.45, 2.75) is 0 Å². The molecule has 0 bridgehead atoms. The minimum atomic E-state index is -0.264. The summed E-state index contributed by atoms with van der Waals surface area (Å²) < 4.78 is 5.69. The molecule has 0 saturated heterocycles. The van der Waals surface area contributed by atoms with Gasteiger partial charge in [0.15, 0.2) is 5.57 Å². The molecule has 1 aromatic rings. The number of ether oxygens (including phenoxy) is 1. The van der Waals surface area contributed by atoms with Crippen molar-refractivity contribution in [2.24, 2.45) is 0 Å². The zero-order valence-electron chi connectivity index (χ0n) is 9.36. The van der Waals surface area contributed by atoms with Crippen LogP contribution < -0.4 is 10.1 Å². The third-order valence-corrected chi connectivity index (χ3v) is 2.68. The highest BCUT2D eigenvalue weighted by Gasteiger charge is 2.08. The van der Waals surface area contributed by atoms with Gasteiger partial charge in [-0.2, -0.15) is 15.8 Å². The summed E-state index contributed by atoms with van der Waals surface area (Å²) in [4.78, 5) is 0. The van der Waals surface area contributed by atoms with Gasteiger partial charge in [0.05, 0.1) is 12.8 Å². The maximum atomic E-state index is 8.90. The first kappa shape index (κ1) is 13.6. The van der Waals surface area contributed by atoms with Crippen LogP contribution in [0.4, 0.5) is 5.69 Å². The van der Waals surface area contributed by atoms with Gasteiger partial charge in [0.25, 0.3) is 0 Å². The number of hydrogen-bond donors (Lipinski definition) is 1. The predicted octanol–water partition coefficient (Wildman–Crippen LogP) is 2.69. The van der Waals surface area contributed by atoms with Crippen LogP contribution >= 0.6 is 15.9 Å². The highest BCUT2D eigenvalue weighted by atomic mass is 79.9. The van der Waals surface area contributed by atoms with Gasteiger partial charge in [-0.05, 0) is 34.1 Å². The fourth-order valence-corrected chi connectivity index (χ4v) is 1.60. The zero-order chi connectivity index (χ0) is 13.5. The van der Waals surface area contributed by atoms with Crippen molar-refractivity contribution in [3.63, 3.8) is 0 Å². The van der Waals surface area contributed by atoms with Gasteiger partial charge in [0, 0.05) is 4.47 Å². The second-order valence-corrected chi connectivity index (χ2v) is 3.91. The Bertz CT molecular complexity index is 600. The first-order chi connectivity index (χ1) is 8.65. The smallest absolute Gasteiger partial charge is 0.163 e. The fourth-order valence-electron chi connectivity index (χ4n) is 1.14. The largest absolute Gasteiger partial charge is 0.497 e. The van der Waals surface area contributed by atoms with E-state index in [0.29, 0.717) is 15.9 Å². The summed E-state index contributed by atoms with van der Waals surface area (Å²) in [6.07, 6.45) is 0. The summed E-state index contributed by atoms with van der Waals surface area (Å²) in [5, 5.41) is 29.0. The molecule has 0 atom stereocenters. The molecule has 0 fully saturated rings. The van der Waals surface area contributed by atoms with E-state index in [4.69, 9.17) is 20.5 Å². The SMILES string of the molecule is COc1ccc(NC(C#N)=C(C#N)C#N)c(Br)c1. The van der Waals surface area contributed by atoms with Crippen molar-refractivity contribution in [1.29, 1.82) is 15.8 Å². The van der Waals surface area contributed by atoms with Gasteiger partial charge in [-0.25, -0.2) is 0 Å². The summed E-state index contributed by atoms with van der Waals surface area (Å²) in [6, 6.07) is 10.2. The normalized spacial score (nSPS) is 8.39. The summed E-state index contributed by atoms with van der Waals surface area (Å²) >= 11 is 3.30. The number of rotatable bonds is 3. The summed E-state index contributed by atoms with van der Waals surface area (Å²) in [6.45, 7) is 0. The fraction of sp³-hybridized carbons (Fsp3) is 0.0833. The molecular formula is C12H7BrN4O. The Morgan fingerprint density at radius 3 is 2.33 bits per heavy atom. The lowest BCUT2D eigenvalue weighted by atomic mass is 10.2. The summed E-state index contributed by atoms with van der Waals surface area (Å²) in [5.74, 6) is 0.649. The maximum Gasteiger partial charge on any atom is 0.163 e. The molecular weight excluding hydrogens is 296 g/mol. The van der Waals surface area contributed by atoms with E-state index in [1.807, 2.05) is 0 Å². The van der Waals surface area contributed by atoms with Crippen molar-refractivity contribution in [2.75, 3.05) is 12.4 Å². The van der Waals surface area contributed by atoms with Gasteiger partial charge >= 0.3 is 0 Å². The van der Waals surface area contributed by atoms with Crippen LogP contribution in [0.3, 0.4) is 0 Å². The lowest BCUT2D eigenvalue weighted by molar-refractivity contribution is 0.414. The molecule has 0 aliphatic heterocycles. The monoisotopic (exact) mass is 302 g/mol. The van der Waals surface area contributed by atoms with Crippen LogP contribution in [0.1, 0.15) is 0 Å². The molecule has 0 aromatic heterocycles. The van der Waals surface area contributed by atoms with Crippen LogP contribution in [0.5, 0.6) is 5.75 Å². The van der Waals surface area contributed by atoms with Crippen LogP contribution in [0.2, 0.25) is 0 Å². The van der Waals surface area contributed by atoms with Gasteiger partial charge < -0.3 is 10.1 Å². The number of nitrogens with one attached hydrogen (secondary N) is 1. The van der Waals surface area contributed by atoms with Crippen LogP contribution in [-0.2, 0) is 0 Å². The topological polar surface area (TPSA) is 92.6 Å². The van der Waals surface area contributed by atoms with Crippen molar-refractivity contribution < 1.29 is 4.74 Å². The lowest BCUT2D eigenvalue weighted by Crippen LogP contribution is -2.01. The third kappa shape index (κ3) is 3.01. The van der Waals surface area contributed by atoms with E-state index >= 15 is 0 Å². The zero-order valence-corrected chi connectivity index (χ0v) is 10.9. The number of methoxy groups -OCH3 is 1. The van der Waals surface area contributed by atoms with E-state index in [-0.39, 0.29) is 11.3 Å². The Morgan fingerprint density at radius 1 is 1.22 bits per heavy atom. The van der Waals surface area contributed by atoms with E-state index in [1.165, 1.54) is 0 Å². The highest BCUT2D eigenvalue weighted by Crippen LogP contribution is 2.28. The number of anilines is 1. The molecule has 0 spiro atoms. The molecule has 0 unspecified atom stereocenters. The Kier molecular flexibility index (Phi) is 4.75.